The van der Waals surface area contributed by atoms with Gasteiger partial charge in [0, 0.05) is 19.3 Å². The van der Waals surface area contributed by atoms with Crippen LogP contribution in [0.3, 0.4) is 0 Å². The summed E-state index contributed by atoms with van der Waals surface area (Å²) in [5, 5.41) is 6.32. The number of ether oxygens (including phenoxy) is 1. The zero-order valence-corrected chi connectivity index (χ0v) is 13.2. The largest absolute Gasteiger partial charge is 0.462 e. The quantitative estimate of drug-likeness (QED) is 0.213. The molecule has 1 N–H and O–H groups in total. The second-order valence-electron chi connectivity index (χ2n) is 4.71. The number of halogens is 3. The minimum atomic E-state index is -1.45. The molecule has 0 radical (unpaired) electrons. The Bertz CT molecular complexity index is 849. The summed E-state index contributed by atoms with van der Waals surface area (Å²) in [6.07, 6.45) is 2.15. The van der Waals surface area contributed by atoms with Crippen LogP contribution < -0.4 is 5.32 Å². The molecule has 2 aromatic rings. The minimum Gasteiger partial charge on any atom is -0.462 e. The van der Waals surface area contributed by atoms with Gasteiger partial charge in [0.1, 0.15) is 17.7 Å². The van der Waals surface area contributed by atoms with Crippen LogP contribution in [0, 0.1) is 17.5 Å². The van der Waals surface area contributed by atoms with Crippen molar-refractivity contribution in [3.63, 3.8) is 0 Å². The van der Waals surface area contributed by atoms with E-state index in [1.54, 1.807) is 7.05 Å². The molecule has 10 heteroatoms. The molecule has 25 heavy (non-hydrogen) atoms. The molecule has 0 fully saturated rings. The topological polar surface area (TPSA) is 86.1 Å². The third-order valence-electron chi connectivity index (χ3n) is 3.05. The van der Waals surface area contributed by atoms with Crippen LogP contribution in [0.15, 0.2) is 30.2 Å². The Kier molecular flexibility index (Phi) is 5.52. The Morgan fingerprint density at radius 3 is 2.52 bits per heavy atom. The van der Waals surface area contributed by atoms with Crippen molar-refractivity contribution < 1.29 is 27.5 Å². The summed E-state index contributed by atoms with van der Waals surface area (Å²) in [5.41, 5.74) is -1.42. The number of benzene rings is 1. The smallest absolute Gasteiger partial charge is 0.343 e. The Morgan fingerprint density at radius 1 is 1.24 bits per heavy atom. The summed E-state index contributed by atoms with van der Waals surface area (Å²) in [6, 6.07) is 0.601. The first-order valence-corrected chi connectivity index (χ1v) is 7.02. The number of aromatic nitrogens is 3. The van der Waals surface area contributed by atoms with Crippen molar-refractivity contribution in [3.8, 4) is 0 Å². The number of carbonyl (C=O) groups is 2. The Labute approximate surface area is 140 Å². The van der Waals surface area contributed by atoms with Gasteiger partial charge in [-0.3, -0.25) is 4.79 Å². The van der Waals surface area contributed by atoms with E-state index in [0.29, 0.717) is 6.07 Å². The van der Waals surface area contributed by atoms with Crippen LogP contribution in [0.25, 0.3) is 0 Å². The van der Waals surface area contributed by atoms with Crippen LogP contribution in [0.4, 0.5) is 19.1 Å². The van der Waals surface area contributed by atoms with E-state index in [4.69, 9.17) is 4.74 Å². The fourth-order valence-electron chi connectivity index (χ4n) is 1.83. The van der Waals surface area contributed by atoms with Crippen molar-refractivity contribution in [2.45, 2.75) is 6.92 Å². The van der Waals surface area contributed by atoms with E-state index in [0.717, 1.165) is 6.20 Å². The van der Waals surface area contributed by atoms with Gasteiger partial charge in [-0.05, 0) is 13.0 Å². The normalized spacial score (nSPS) is 11.3. The van der Waals surface area contributed by atoms with Gasteiger partial charge in [-0.1, -0.05) is 0 Å². The van der Waals surface area contributed by atoms with Crippen molar-refractivity contribution in [1.82, 2.24) is 14.8 Å². The average Bonchev–Trinajstić information content (AvgIpc) is 2.96. The van der Waals surface area contributed by atoms with Crippen LogP contribution in [-0.4, -0.2) is 33.1 Å². The lowest BCUT2D eigenvalue weighted by atomic mass is 10.0. The average molecular weight is 354 g/mol. The number of Topliss-reactive ketones (excluding diaryl/α,β-unsaturated/α-hetero) is 1. The molecule has 0 saturated heterocycles. The highest BCUT2D eigenvalue weighted by Gasteiger charge is 2.25. The van der Waals surface area contributed by atoms with Gasteiger partial charge in [-0.15, -0.1) is 0 Å². The van der Waals surface area contributed by atoms with Crippen LogP contribution >= 0.6 is 0 Å². The SMILES string of the molecule is CCOC(=O)C(=CNc1ncnn1C)C(=O)c1cc(F)c(F)cc1F. The van der Waals surface area contributed by atoms with Gasteiger partial charge in [0.2, 0.25) is 11.7 Å². The summed E-state index contributed by atoms with van der Waals surface area (Å²) in [5.74, 6) is -6.24. The minimum absolute atomic E-state index is 0.0479. The molecular formula is C15H13F3N4O3. The maximum absolute atomic E-state index is 13.8. The standard InChI is InChI=1S/C15H13F3N4O3/c1-3-25-14(24)9(6-19-15-20-7-21-22(15)2)13(23)8-4-11(17)12(18)5-10(8)16/h4-7H,3H2,1-2H3,(H,19,20,21). The van der Waals surface area contributed by atoms with Crippen LogP contribution in [-0.2, 0) is 16.6 Å². The van der Waals surface area contributed by atoms with Crippen molar-refractivity contribution in [2.24, 2.45) is 7.05 Å². The maximum Gasteiger partial charge on any atom is 0.343 e. The predicted octanol–water partition coefficient (Wildman–Crippen LogP) is 1.97. The highest BCUT2D eigenvalue weighted by Crippen LogP contribution is 2.18. The van der Waals surface area contributed by atoms with Crippen molar-refractivity contribution in [1.29, 1.82) is 0 Å². The van der Waals surface area contributed by atoms with Gasteiger partial charge in [-0.2, -0.15) is 10.1 Å². The number of hydrogen-bond acceptors (Lipinski definition) is 6. The molecule has 1 heterocycles. The summed E-state index contributed by atoms with van der Waals surface area (Å²) in [6.45, 7) is 1.46. The van der Waals surface area contributed by atoms with Crippen LogP contribution in [0.1, 0.15) is 17.3 Å². The zero-order valence-electron chi connectivity index (χ0n) is 13.2. The molecule has 0 aliphatic heterocycles. The van der Waals surface area contributed by atoms with E-state index in [2.05, 4.69) is 15.4 Å². The molecule has 0 aliphatic rings. The first kappa shape index (κ1) is 18.2. The van der Waals surface area contributed by atoms with E-state index in [9.17, 15) is 22.8 Å². The summed E-state index contributed by atoms with van der Waals surface area (Å²) >= 11 is 0. The number of rotatable bonds is 6. The third kappa shape index (κ3) is 4.03. The van der Waals surface area contributed by atoms with Crippen molar-refractivity contribution >= 4 is 17.7 Å². The highest BCUT2D eigenvalue weighted by atomic mass is 19.2. The second-order valence-corrected chi connectivity index (χ2v) is 4.71. The van der Waals surface area contributed by atoms with Gasteiger partial charge in [-0.25, -0.2) is 22.6 Å². The lowest BCUT2D eigenvalue weighted by Gasteiger charge is -2.08. The summed E-state index contributed by atoms with van der Waals surface area (Å²) in [7, 11) is 1.55. The molecule has 0 spiro atoms. The van der Waals surface area contributed by atoms with E-state index >= 15 is 0 Å². The number of esters is 1. The first-order chi connectivity index (χ1) is 11.8. The fourth-order valence-corrected chi connectivity index (χ4v) is 1.83. The van der Waals surface area contributed by atoms with Crippen molar-refractivity contribution in [3.05, 3.63) is 53.2 Å². The molecule has 1 aromatic heterocycles. The van der Waals surface area contributed by atoms with E-state index in [1.807, 2.05) is 0 Å². The number of hydrogen-bond donors (Lipinski definition) is 1. The fraction of sp³-hybridized carbons (Fsp3) is 0.200. The van der Waals surface area contributed by atoms with Gasteiger partial charge >= 0.3 is 5.97 Å². The molecule has 0 aliphatic carbocycles. The molecule has 132 valence electrons. The first-order valence-electron chi connectivity index (χ1n) is 7.02. The second kappa shape index (κ2) is 7.60. The predicted molar refractivity (Wildman–Crippen MR) is 80.0 cm³/mol. The number of ketones is 1. The molecule has 2 rings (SSSR count). The van der Waals surface area contributed by atoms with E-state index in [1.165, 1.54) is 17.9 Å². The third-order valence-corrected chi connectivity index (χ3v) is 3.05. The molecule has 7 nitrogen and oxygen atoms in total. The van der Waals surface area contributed by atoms with Crippen molar-refractivity contribution in [2.75, 3.05) is 11.9 Å². The van der Waals surface area contributed by atoms with Crippen LogP contribution in [0.2, 0.25) is 0 Å². The highest BCUT2D eigenvalue weighted by molar-refractivity contribution is 6.24. The monoisotopic (exact) mass is 354 g/mol. The number of anilines is 1. The number of aryl methyl sites for hydroxylation is 1. The Balaban J connectivity index is 2.41. The lowest BCUT2D eigenvalue weighted by Crippen LogP contribution is -2.19. The molecule has 0 unspecified atom stereocenters. The summed E-state index contributed by atoms with van der Waals surface area (Å²) < 4.78 is 46.2. The molecular weight excluding hydrogens is 341 g/mol. The van der Waals surface area contributed by atoms with Gasteiger partial charge in [0.25, 0.3) is 0 Å². The van der Waals surface area contributed by atoms with Gasteiger partial charge in [0.05, 0.1) is 12.2 Å². The molecule has 0 amide bonds. The Morgan fingerprint density at radius 2 is 1.92 bits per heavy atom. The number of carbonyl (C=O) groups excluding carboxylic acids is 2. The zero-order chi connectivity index (χ0) is 18.6. The molecule has 0 atom stereocenters. The van der Waals surface area contributed by atoms with Crippen LogP contribution in [0.5, 0.6) is 0 Å². The van der Waals surface area contributed by atoms with E-state index in [-0.39, 0.29) is 18.6 Å². The summed E-state index contributed by atoms with van der Waals surface area (Å²) in [4.78, 5) is 28.2. The van der Waals surface area contributed by atoms with Gasteiger partial charge < -0.3 is 10.1 Å². The number of nitrogens with one attached hydrogen (secondary N) is 1. The Hall–Kier alpha value is -3.17. The molecule has 0 saturated carbocycles. The molecule has 1 aromatic carbocycles. The lowest BCUT2D eigenvalue weighted by molar-refractivity contribution is -0.138. The van der Waals surface area contributed by atoms with E-state index < -0.39 is 40.3 Å². The number of nitrogens with zero attached hydrogens (tertiary/aromatic N) is 3. The molecule has 0 bridgehead atoms. The van der Waals surface area contributed by atoms with Gasteiger partial charge in [0.15, 0.2) is 11.6 Å². The maximum atomic E-state index is 13.8.